The normalized spacial score (nSPS) is 29.4. The maximum atomic E-state index is 14.9. The van der Waals surface area contributed by atoms with Gasteiger partial charge in [-0.25, -0.2) is 14.2 Å². The SMILES string of the molecule is Nc1ncc(-c2cc3n(n2)CCC32CN(C(=O)NC34CCCC3(F)CC4)C2)cc1C(F)(F)F. The lowest BCUT2D eigenvalue weighted by Gasteiger charge is -2.53. The largest absolute Gasteiger partial charge is 0.419 e. The standard InChI is InChI=1S/C22H24F4N6O/c23-20-2-1-3-21(20,5-4-20)29-18(33)31-11-19(12-31)6-7-32-16(19)9-15(30-32)13-8-14(22(24,25)26)17(27)28-10-13/h8-10H,1-7,11-12H2,(H2,27,28)(H,29,33). The quantitative estimate of drug-likeness (QED) is 0.665. The van der Waals surface area contributed by atoms with Gasteiger partial charge >= 0.3 is 12.2 Å². The Labute approximate surface area is 187 Å². The Kier molecular flexibility index (Phi) is 4.01. The fourth-order valence-corrected chi connectivity index (χ4v) is 6.20. The van der Waals surface area contributed by atoms with Gasteiger partial charge in [0.2, 0.25) is 0 Å². The van der Waals surface area contributed by atoms with Crippen molar-refractivity contribution in [2.45, 2.75) is 67.9 Å². The van der Waals surface area contributed by atoms with Crippen molar-refractivity contribution >= 4 is 11.8 Å². The third kappa shape index (κ3) is 2.83. The van der Waals surface area contributed by atoms with Gasteiger partial charge in [-0.3, -0.25) is 4.68 Å². The molecular weight excluding hydrogens is 440 g/mol. The lowest BCUT2D eigenvalue weighted by atomic mass is 9.66. The molecule has 0 bridgehead atoms. The topological polar surface area (TPSA) is 89.1 Å². The number of fused-ring (bicyclic) bond motifs is 3. The number of hydrogen-bond acceptors (Lipinski definition) is 4. The zero-order valence-electron chi connectivity index (χ0n) is 17.9. The van der Waals surface area contributed by atoms with Crippen LogP contribution in [0.3, 0.4) is 0 Å². The fraction of sp³-hybridized carbons (Fsp3) is 0.591. The van der Waals surface area contributed by atoms with E-state index >= 15 is 0 Å². The van der Waals surface area contributed by atoms with Crippen LogP contribution in [0.1, 0.15) is 49.8 Å². The summed E-state index contributed by atoms with van der Waals surface area (Å²) < 4.78 is 56.4. The molecule has 2 atom stereocenters. The average Bonchev–Trinajstić information content (AvgIpc) is 3.34. The van der Waals surface area contributed by atoms with Crippen LogP contribution in [0.15, 0.2) is 18.3 Å². The fourth-order valence-electron chi connectivity index (χ4n) is 6.20. The Morgan fingerprint density at radius 3 is 2.58 bits per heavy atom. The first-order valence-corrected chi connectivity index (χ1v) is 11.2. The third-order valence-corrected chi connectivity index (χ3v) is 8.25. The number of nitrogens with one attached hydrogen (secondary N) is 1. The number of aryl methyl sites for hydroxylation is 1. The summed E-state index contributed by atoms with van der Waals surface area (Å²) in [5.41, 5.74) is 3.69. The van der Waals surface area contributed by atoms with Gasteiger partial charge < -0.3 is 16.0 Å². The lowest BCUT2D eigenvalue weighted by molar-refractivity contribution is -0.137. The van der Waals surface area contributed by atoms with Crippen molar-refractivity contribution in [2.75, 3.05) is 18.8 Å². The van der Waals surface area contributed by atoms with E-state index in [9.17, 15) is 22.4 Å². The number of rotatable bonds is 2. The van der Waals surface area contributed by atoms with Gasteiger partial charge in [0.1, 0.15) is 11.5 Å². The Morgan fingerprint density at radius 2 is 1.91 bits per heavy atom. The Morgan fingerprint density at radius 1 is 1.12 bits per heavy atom. The minimum absolute atomic E-state index is 0.236. The highest BCUT2D eigenvalue weighted by Gasteiger charge is 2.64. The molecule has 4 aliphatic rings. The van der Waals surface area contributed by atoms with Crippen molar-refractivity contribution in [2.24, 2.45) is 0 Å². The van der Waals surface area contributed by atoms with Crippen LogP contribution >= 0.6 is 0 Å². The van der Waals surface area contributed by atoms with E-state index in [1.165, 1.54) is 6.20 Å². The van der Waals surface area contributed by atoms with E-state index in [1.54, 1.807) is 15.6 Å². The number of urea groups is 1. The van der Waals surface area contributed by atoms with Crippen molar-refractivity contribution in [3.05, 3.63) is 29.6 Å². The highest BCUT2D eigenvalue weighted by molar-refractivity contribution is 5.77. The molecule has 0 radical (unpaired) electrons. The number of halogens is 4. The monoisotopic (exact) mass is 464 g/mol. The van der Waals surface area contributed by atoms with Crippen LogP contribution in [0, 0.1) is 0 Å². The molecule has 4 heterocycles. The van der Waals surface area contributed by atoms with Crippen LogP contribution in [-0.2, 0) is 18.1 Å². The van der Waals surface area contributed by atoms with Crippen LogP contribution in [-0.4, -0.2) is 50.0 Å². The van der Waals surface area contributed by atoms with Crippen molar-refractivity contribution in [3.63, 3.8) is 0 Å². The van der Waals surface area contributed by atoms with Gasteiger partial charge in [0.25, 0.3) is 0 Å². The molecule has 3 N–H and O–H groups in total. The number of alkyl halides is 4. The molecule has 2 aliphatic carbocycles. The van der Waals surface area contributed by atoms with Crippen LogP contribution in [0.2, 0.25) is 0 Å². The number of hydrogen-bond donors (Lipinski definition) is 2. The van der Waals surface area contributed by atoms with E-state index in [4.69, 9.17) is 5.73 Å². The highest BCUT2D eigenvalue weighted by atomic mass is 19.4. The van der Waals surface area contributed by atoms with Crippen LogP contribution < -0.4 is 11.1 Å². The minimum Gasteiger partial charge on any atom is -0.383 e. The molecule has 11 heteroatoms. The molecule has 0 aromatic carbocycles. The first-order valence-electron chi connectivity index (χ1n) is 11.2. The van der Waals surface area contributed by atoms with Gasteiger partial charge in [-0.15, -0.1) is 0 Å². The van der Waals surface area contributed by atoms with Gasteiger partial charge in [0.15, 0.2) is 0 Å². The maximum Gasteiger partial charge on any atom is 0.419 e. The molecule has 2 saturated carbocycles. The number of nitrogens with zero attached hydrogens (tertiary/aromatic N) is 4. The second kappa shape index (κ2) is 6.38. The summed E-state index contributed by atoms with van der Waals surface area (Å²) in [6.07, 6.45) is 0.655. The van der Waals surface area contributed by atoms with Gasteiger partial charge in [0.05, 0.1) is 16.8 Å². The summed E-state index contributed by atoms with van der Waals surface area (Å²) in [5.74, 6) is -0.569. The molecule has 3 fully saturated rings. The molecule has 1 saturated heterocycles. The summed E-state index contributed by atoms with van der Waals surface area (Å²) in [7, 11) is 0. The number of carbonyl (C=O) groups is 1. The van der Waals surface area contributed by atoms with Gasteiger partial charge in [-0.2, -0.15) is 18.3 Å². The zero-order valence-corrected chi connectivity index (χ0v) is 17.9. The van der Waals surface area contributed by atoms with Crippen LogP contribution in [0.25, 0.3) is 11.3 Å². The second-order valence-corrected chi connectivity index (χ2v) is 10.0. The van der Waals surface area contributed by atoms with Crippen LogP contribution in [0.5, 0.6) is 0 Å². The van der Waals surface area contributed by atoms with E-state index in [-0.39, 0.29) is 17.0 Å². The number of anilines is 1. The van der Waals surface area contributed by atoms with Crippen LogP contribution in [0.4, 0.5) is 28.2 Å². The molecule has 176 valence electrons. The maximum absolute atomic E-state index is 14.9. The van der Waals surface area contributed by atoms with Gasteiger partial charge in [0, 0.05) is 42.5 Å². The molecule has 2 aliphatic heterocycles. The van der Waals surface area contributed by atoms with E-state index < -0.39 is 28.8 Å². The van der Waals surface area contributed by atoms with E-state index in [1.807, 2.05) is 0 Å². The Hall–Kier alpha value is -2.85. The molecule has 2 aromatic rings. The van der Waals surface area contributed by atoms with Gasteiger partial charge in [-0.05, 0) is 50.7 Å². The highest BCUT2D eigenvalue weighted by Crippen LogP contribution is 2.56. The zero-order chi connectivity index (χ0) is 23.2. The Bertz CT molecular complexity index is 1160. The molecule has 1 spiro atoms. The second-order valence-electron chi connectivity index (χ2n) is 10.0. The smallest absolute Gasteiger partial charge is 0.383 e. The number of aromatic nitrogens is 3. The number of pyridine rings is 1. The number of amides is 2. The van der Waals surface area contributed by atoms with Crippen molar-refractivity contribution < 1.29 is 22.4 Å². The summed E-state index contributed by atoms with van der Waals surface area (Å²) in [5, 5.41) is 7.47. The minimum atomic E-state index is -4.60. The first-order chi connectivity index (χ1) is 15.5. The molecule has 2 unspecified atom stereocenters. The molecule has 7 nitrogen and oxygen atoms in total. The number of nitrogens with two attached hydrogens (primary N) is 1. The van der Waals surface area contributed by atoms with E-state index in [2.05, 4.69) is 15.4 Å². The molecule has 2 amide bonds. The number of carbonyl (C=O) groups excluding carboxylic acids is 1. The van der Waals surface area contributed by atoms with Gasteiger partial charge in [-0.1, -0.05) is 0 Å². The predicted octanol–water partition coefficient (Wildman–Crippen LogP) is 3.64. The number of nitrogen functional groups attached to an aromatic ring is 1. The lowest BCUT2D eigenvalue weighted by Crippen LogP contribution is -2.71. The van der Waals surface area contributed by atoms with Crippen molar-refractivity contribution in [1.29, 1.82) is 0 Å². The molecule has 6 rings (SSSR count). The van der Waals surface area contributed by atoms with Crippen molar-refractivity contribution in [1.82, 2.24) is 25.0 Å². The molecule has 33 heavy (non-hydrogen) atoms. The summed E-state index contributed by atoms with van der Waals surface area (Å²) in [4.78, 5) is 18.2. The van der Waals surface area contributed by atoms with E-state index in [0.29, 0.717) is 51.0 Å². The first kappa shape index (κ1) is 20.7. The number of likely N-dealkylation sites (tertiary alicyclic amines) is 1. The van der Waals surface area contributed by atoms with Crippen molar-refractivity contribution in [3.8, 4) is 11.3 Å². The molecule has 2 aromatic heterocycles. The summed E-state index contributed by atoms with van der Waals surface area (Å²) in [6.45, 7) is 1.58. The summed E-state index contributed by atoms with van der Waals surface area (Å²) in [6, 6.07) is 2.51. The predicted molar refractivity (Wildman–Crippen MR) is 111 cm³/mol. The third-order valence-electron chi connectivity index (χ3n) is 8.25. The average molecular weight is 464 g/mol. The molecular formula is C22H24F4N6O. The Balaban J connectivity index is 1.19. The summed E-state index contributed by atoms with van der Waals surface area (Å²) >= 11 is 0. The van der Waals surface area contributed by atoms with E-state index in [0.717, 1.165) is 24.6 Å².